The molecule has 2 N–H and O–H groups in total. The van der Waals surface area contributed by atoms with E-state index in [1.807, 2.05) is 11.8 Å². The lowest BCUT2D eigenvalue weighted by atomic mass is 9.99. The summed E-state index contributed by atoms with van der Waals surface area (Å²) in [5.74, 6) is 1.93. The van der Waals surface area contributed by atoms with E-state index >= 15 is 0 Å². The fourth-order valence-electron chi connectivity index (χ4n) is 1.27. The topological polar surface area (TPSA) is 41.1 Å². The van der Waals surface area contributed by atoms with Crippen LogP contribution in [0.4, 0.5) is 0 Å². The molecule has 1 amide bonds. The molecule has 1 aliphatic heterocycles. The zero-order chi connectivity index (χ0) is 9.52. The van der Waals surface area contributed by atoms with Gasteiger partial charge in [-0.2, -0.15) is 11.8 Å². The molecule has 0 aromatic carbocycles. The number of hydrogen-bond acceptors (Lipinski definition) is 3. The molecule has 1 saturated heterocycles. The molecule has 1 rings (SSSR count). The monoisotopic (exact) mass is 202 g/mol. The van der Waals surface area contributed by atoms with Crippen LogP contribution in [0.25, 0.3) is 0 Å². The first-order valence-electron chi connectivity index (χ1n) is 4.79. The summed E-state index contributed by atoms with van der Waals surface area (Å²) in [4.78, 5) is 11.3. The van der Waals surface area contributed by atoms with Gasteiger partial charge in [-0.25, -0.2) is 0 Å². The van der Waals surface area contributed by atoms with Gasteiger partial charge >= 0.3 is 0 Å². The normalized spacial score (nSPS) is 16.7. The van der Waals surface area contributed by atoms with Gasteiger partial charge in [0.25, 0.3) is 0 Å². The fraction of sp³-hybridized carbons (Fsp3) is 0.889. The predicted octanol–water partition coefficient (Wildman–Crippen LogP) is 0.465. The van der Waals surface area contributed by atoms with E-state index in [2.05, 4.69) is 16.9 Å². The number of rotatable bonds is 6. The minimum Gasteiger partial charge on any atom is -0.356 e. The maximum Gasteiger partial charge on any atom is 0.220 e. The van der Waals surface area contributed by atoms with E-state index in [4.69, 9.17) is 0 Å². The Hall–Kier alpha value is -0.220. The largest absolute Gasteiger partial charge is 0.356 e. The minimum atomic E-state index is 0.215. The van der Waals surface area contributed by atoms with Crippen LogP contribution in [0.15, 0.2) is 0 Å². The second-order valence-electron chi connectivity index (χ2n) is 3.42. The van der Waals surface area contributed by atoms with E-state index in [1.165, 1.54) is 0 Å². The molecule has 0 aromatic heterocycles. The van der Waals surface area contributed by atoms with Gasteiger partial charge in [0.2, 0.25) is 5.91 Å². The van der Waals surface area contributed by atoms with Gasteiger partial charge in [0, 0.05) is 13.0 Å². The van der Waals surface area contributed by atoms with Crippen LogP contribution in [0.1, 0.15) is 12.8 Å². The van der Waals surface area contributed by atoms with Gasteiger partial charge in [-0.15, -0.1) is 0 Å². The van der Waals surface area contributed by atoms with E-state index in [9.17, 15) is 4.79 Å². The molecule has 0 atom stereocenters. The Labute approximate surface area is 84.0 Å². The second-order valence-corrected chi connectivity index (χ2v) is 4.41. The molecule has 0 radical (unpaired) electrons. The summed E-state index contributed by atoms with van der Waals surface area (Å²) in [6.45, 7) is 2.86. The molecule has 4 heteroatoms. The van der Waals surface area contributed by atoms with Crippen molar-refractivity contribution in [2.24, 2.45) is 5.92 Å². The van der Waals surface area contributed by atoms with Crippen molar-refractivity contribution in [3.8, 4) is 0 Å². The lowest BCUT2D eigenvalue weighted by molar-refractivity contribution is -0.122. The van der Waals surface area contributed by atoms with Gasteiger partial charge in [0.15, 0.2) is 0 Å². The number of nitrogens with one attached hydrogen (secondary N) is 2. The highest BCUT2D eigenvalue weighted by atomic mass is 32.2. The van der Waals surface area contributed by atoms with Gasteiger partial charge in [0.1, 0.15) is 0 Å². The molecule has 0 bridgehead atoms. The molecular weight excluding hydrogens is 184 g/mol. The Balaban J connectivity index is 1.91. The van der Waals surface area contributed by atoms with E-state index in [0.717, 1.165) is 31.8 Å². The molecule has 0 saturated carbocycles. The summed E-state index contributed by atoms with van der Waals surface area (Å²) in [5.41, 5.74) is 0. The average molecular weight is 202 g/mol. The number of thioether (sulfide) groups is 1. The van der Waals surface area contributed by atoms with E-state index in [-0.39, 0.29) is 5.91 Å². The van der Waals surface area contributed by atoms with Crippen molar-refractivity contribution in [2.75, 3.05) is 31.6 Å². The minimum absolute atomic E-state index is 0.215. The van der Waals surface area contributed by atoms with E-state index in [1.54, 1.807) is 0 Å². The van der Waals surface area contributed by atoms with Crippen molar-refractivity contribution in [3.63, 3.8) is 0 Å². The van der Waals surface area contributed by atoms with Gasteiger partial charge in [-0.3, -0.25) is 4.79 Å². The van der Waals surface area contributed by atoms with Crippen LogP contribution < -0.4 is 10.6 Å². The van der Waals surface area contributed by atoms with Gasteiger partial charge in [-0.05, 0) is 37.4 Å². The molecule has 1 heterocycles. The first-order chi connectivity index (χ1) is 6.33. The van der Waals surface area contributed by atoms with Crippen LogP contribution in [0, 0.1) is 5.92 Å². The predicted molar refractivity (Wildman–Crippen MR) is 57.0 cm³/mol. The molecule has 3 nitrogen and oxygen atoms in total. The van der Waals surface area contributed by atoms with E-state index in [0.29, 0.717) is 12.3 Å². The van der Waals surface area contributed by atoms with Crippen LogP contribution in [0.5, 0.6) is 0 Å². The van der Waals surface area contributed by atoms with Crippen molar-refractivity contribution in [1.29, 1.82) is 0 Å². The third kappa shape index (κ3) is 4.52. The van der Waals surface area contributed by atoms with Crippen LogP contribution in [-0.4, -0.2) is 37.6 Å². The highest BCUT2D eigenvalue weighted by Crippen LogP contribution is 2.07. The number of carbonyl (C=O) groups is 1. The van der Waals surface area contributed by atoms with Gasteiger partial charge in [0.05, 0.1) is 0 Å². The number of amides is 1. The highest BCUT2D eigenvalue weighted by Gasteiger charge is 2.19. The van der Waals surface area contributed by atoms with Gasteiger partial charge < -0.3 is 10.6 Å². The summed E-state index contributed by atoms with van der Waals surface area (Å²) in [5, 5.41) is 6.10. The summed E-state index contributed by atoms with van der Waals surface area (Å²) in [6.07, 6.45) is 3.87. The van der Waals surface area contributed by atoms with Crippen LogP contribution in [-0.2, 0) is 4.79 Å². The lowest BCUT2D eigenvalue weighted by Gasteiger charge is -2.26. The van der Waals surface area contributed by atoms with Crippen LogP contribution in [0.3, 0.4) is 0 Å². The molecule has 76 valence electrons. The van der Waals surface area contributed by atoms with Crippen LogP contribution in [0.2, 0.25) is 0 Å². The summed E-state index contributed by atoms with van der Waals surface area (Å²) in [7, 11) is 0. The summed E-state index contributed by atoms with van der Waals surface area (Å²) < 4.78 is 0. The molecule has 0 aromatic rings. The van der Waals surface area contributed by atoms with Crippen LogP contribution >= 0.6 is 11.8 Å². The average Bonchev–Trinajstić information content (AvgIpc) is 2.06. The standard InChI is InChI=1S/C9H18N2OS/c1-13-4-2-3-11-9(12)5-8-6-10-7-8/h8,10H,2-7H2,1H3,(H,11,12). The first kappa shape index (κ1) is 10.9. The molecule has 1 aliphatic rings. The summed E-state index contributed by atoms with van der Waals surface area (Å²) in [6, 6.07) is 0. The Morgan fingerprint density at radius 2 is 2.38 bits per heavy atom. The Morgan fingerprint density at radius 3 is 2.92 bits per heavy atom. The van der Waals surface area contributed by atoms with E-state index < -0.39 is 0 Å². The fourth-order valence-corrected chi connectivity index (χ4v) is 1.70. The van der Waals surface area contributed by atoms with Gasteiger partial charge in [-0.1, -0.05) is 0 Å². The molecular formula is C9H18N2OS. The Morgan fingerprint density at radius 1 is 1.62 bits per heavy atom. The summed E-state index contributed by atoms with van der Waals surface area (Å²) >= 11 is 1.82. The van der Waals surface area contributed by atoms with Crippen molar-refractivity contribution in [1.82, 2.24) is 10.6 Å². The Kier molecular flexibility index (Phi) is 5.23. The number of hydrogen-bond donors (Lipinski definition) is 2. The molecule has 0 aliphatic carbocycles. The molecule has 1 fully saturated rings. The zero-order valence-electron chi connectivity index (χ0n) is 8.14. The Bertz CT molecular complexity index is 160. The molecule has 0 unspecified atom stereocenters. The highest BCUT2D eigenvalue weighted by molar-refractivity contribution is 7.98. The third-order valence-corrected chi connectivity index (χ3v) is 2.88. The van der Waals surface area contributed by atoms with Crippen molar-refractivity contribution >= 4 is 17.7 Å². The van der Waals surface area contributed by atoms with Crippen molar-refractivity contribution < 1.29 is 4.79 Å². The lowest BCUT2D eigenvalue weighted by Crippen LogP contribution is -2.44. The molecule has 13 heavy (non-hydrogen) atoms. The quantitative estimate of drug-likeness (QED) is 0.615. The SMILES string of the molecule is CSCCCNC(=O)CC1CNC1. The maximum atomic E-state index is 11.3. The van der Waals surface area contributed by atoms with Crippen molar-refractivity contribution in [3.05, 3.63) is 0 Å². The smallest absolute Gasteiger partial charge is 0.220 e. The zero-order valence-corrected chi connectivity index (χ0v) is 8.95. The second kappa shape index (κ2) is 6.27. The maximum absolute atomic E-state index is 11.3. The number of carbonyl (C=O) groups excluding carboxylic acids is 1. The molecule has 0 spiro atoms. The van der Waals surface area contributed by atoms with Crippen molar-refractivity contribution in [2.45, 2.75) is 12.8 Å². The third-order valence-electron chi connectivity index (χ3n) is 2.19. The first-order valence-corrected chi connectivity index (χ1v) is 6.18.